The van der Waals surface area contributed by atoms with Gasteiger partial charge in [-0.3, -0.25) is 24.1 Å². The minimum absolute atomic E-state index is 0.00929. The first-order valence-electron chi connectivity index (χ1n) is 15.9. The number of ether oxygens (including phenoxy) is 1. The first kappa shape index (κ1) is 29.4. The Labute approximate surface area is 282 Å². The highest BCUT2D eigenvalue weighted by atomic mass is 32.2. The molecule has 240 valence electrons. The zero-order valence-corrected chi connectivity index (χ0v) is 26.9. The minimum atomic E-state index is -0.466. The van der Waals surface area contributed by atoms with E-state index in [2.05, 4.69) is 10.3 Å². The van der Waals surface area contributed by atoms with Crippen molar-refractivity contribution in [3.05, 3.63) is 117 Å². The number of fused-ring (bicyclic) bond motifs is 10. The predicted octanol–water partition coefficient (Wildman–Crippen LogP) is 6.42. The number of carbonyl (C=O) groups is 3. The average Bonchev–Trinajstić information content (AvgIpc) is 3.83. The number of aromatic amines is 1. The van der Waals surface area contributed by atoms with Crippen molar-refractivity contribution in [2.24, 2.45) is 29.6 Å². The van der Waals surface area contributed by atoms with E-state index in [1.165, 1.54) is 40.5 Å². The van der Waals surface area contributed by atoms with E-state index in [0.29, 0.717) is 17.1 Å². The topological polar surface area (TPSA) is 109 Å². The van der Waals surface area contributed by atoms with Crippen LogP contribution in [-0.4, -0.2) is 34.6 Å². The van der Waals surface area contributed by atoms with Gasteiger partial charge in [0.15, 0.2) is 6.61 Å². The van der Waals surface area contributed by atoms with Crippen LogP contribution in [0.2, 0.25) is 0 Å². The summed E-state index contributed by atoms with van der Waals surface area (Å²) in [6.07, 6.45) is 0.757. The number of nitrogens with zero attached hydrogens (tertiary/aromatic N) is 1. The highest BCUT2D eigenvalue weighted by Crippen LogP contribution is 2.68. The first-order chi connectivity index (χ1) is 23.4. The van der Waals surface area contributed by atoms with Crippen LogP contribution in [0.1, 0.15) is 22.8 Å². The van der Waals surface area contributed by atoms with Crippen molar-refractivity contribution in [2.75, 3.05) is 16.8 Å². The van der Waals surface area contributed by atoms with Gasteiger partial charge in [-0.15, -0.1) is 11.8 Å². The quantitative estimate of drug-likeness (QED) is 0.201. The SMILES string of the molecule is O=C(COc1cccc([C@H]2c3sc(=O)[nH]c3SC3C2[C@H]2C[C@@H]3C3C(=O)N(c4ccc(F)cc4)C(=O)C32)c1)Nc1cccc2ccccc12. The number of hydrogen-bond donors (Lipinski definition) is 2. The summed E-state index contributed by atoms with van der Waals surface area (Å²) in [6.45, 7) is -0.188. The monoisotopic (exact) mass is 677 g/mol. The van der Waals surface area contributed by atoms with Crippen molar-refractivity contribution in [1.29, 1.82) is 0 Å². The zero-order chi connectivity index (χ0) is 32.7. The Balaban J connectivity index is 0.999. The molecule has 4 aromatic carbocycles. The van der Waals surface area contributed by atoms with Crippen LogP contribution in [0.15, 0.2) is 101 Å². The summed E-state index contributed by atoms with van der Waals surface area (Å²) in [5, 5.41) is 5.77. The molecule has 2 aliphatic heterocycles. The average molecular weight is 678 g/mol. The molecule has 0 radical (unpaired) electrons. The third-order valence-electron chi connectivity index (χ3n) is 10.5. The van der Waals surface area contributed by atoms with Gasteiger partial charge in [0.05, 0.1) is 22.5 Å². The second-order valence-corrected chi connectivity index (χ2v) is 15.1. The van der Waals surface area contributed by atoms with Gasteiger partial charge in [0.25, 0.3) is 5.91 Å². The van der Waals surface area contributed by atoms with Crippen LogP contribution in [0, 0.1) is 35.4 Å². The molecular formula is C37H28FN3O5S2. The highest BCUT2D eigenvalue weighted by Gasteiger charge is 2.69. The third-order valence-corrected chi connectivity index (χ3v) is 13.0. The van der Waals surface area contributed by atoms with E-state index in [0.717, 1.165) is 32.7 Å². The molecule has 4 aliphatic rings. The Morgan fingerprint density at radius 1 is 0.917 bits per heavy atom. The molecule has 4 unspecified atom stereocenters. The van der Waals surface area contributed by atoms with E-state index in [1.807, 2.05) is 60.7 Å². The van der Waals surface area contributed by atoms with Gasteiger partial charge >= 0.3 is 4.87 Å². The summed E-state index contributed by atoms with van der Waals surface area (Å²) >= 11 is 2.81. The van der Waals surface area contributed by atoms with Gasteiger partial charge in [0.1, 0.15) is 11.6 Å². The third kappa shape index (κ3) is 4.55. The summed E-state index contributed by atoms with van der Waals surface area (Å²) < 4.78 is 19.7. The molecule has 2 N–H and O–H groups in total. The van der Waals surface area contributed by atoms with Crippen molar-refractivity contribution in [1.82, 2.24) is 4.98 Å². The number of halogens is 1. The number of amides is 3. The summed E-state index contributed by atoms with van der Waals surface area (Å²) in [5.74, 6) is -1.83. The van der Waals surface area contributed by atoms with Crippen LogP contribution in [0.25, 0.3) is 10.8 Å². The fourth-order valence-electron chi connectivity index (χ4n) is 8.70. The molecule has 8 nitrogen and oxygen atoms in total. The van der Waals surface area contributed by atoms with Crippen molar-refractivity contribution < 1.29 is 23.5 Å². The van der Waals surface area contributed by atoms with Gasteiger partial charge in [0.2, 0.25) is 11.8 Å². The number of nitrogens with one attached hydrogen (secondary N) is 2. The smallest absolute Gasteiger partial charge is 0.305 e. The molecule has 7 atom stereocenters. The lowest BCUT2D eigenvalue weighted by atomic mass is 9.68. The number of thiazole rings is 1. The van der Waals surface area contributed by atoms with E-state index in [-0.39, 0.29) is 58.1 Å². The molecule has 3 heterocycles. The standard InChI is InChI=1S/C37H28FN3O5S2/c38-20-11-13-21(14-12-20)41-35(43)30-24-16-25(31(30)36(41)44)32-29(24)28(33-34(47-32)40-37(45)48-33)19-7-3-8-22(15-19)46-17-27(42)39-26-10-4-6-18-5-1-2-9-23(18)26/h1-15,24-25,28-32H,16-17H2,(H,39,42)(H,40,45)/t24-,25-,28-,29?,30?,31?,32?/m1/s1. The second kappa shape index (κ2) is 11.2. The second-order valence-electron chi connectivity index (χ2n) is 12.9. The van der Waals surface area contributed by atoms with Crippen LogP contribution < -0.4 is 19.8 Å². The molecule has 2 bridgehead atoms. The van der Waals surface area contributed by atoms with Crippen LogP contribution >= 0.6 is 23.1 Å². The number of benzene rings is 4. The molecule has 2 saturated carbocycles. The van der Waals surface area contributed by atoms with Gasteiger partial charge in [-0.1, -0.05) is 59.9 Å². The van der Waals surface area contributed by atoms with Gasteiger partial charge < -0.3 is 15.0 Å². The van der Waals surface area contributed by atoms with Gasteiger partial charge in [-0.05, 0) is 77.6 Å². The van der Waals surface area contributed by atoms with Gasteiger partial charge in [-0.2, -0.15) is 0 Å². The number of H-pyrrole nitrogens is 1. The lowest BCUT2D eigenvalue weighted by Gasteiger charge is -2.43. The normalized spacial score (nSPS) is 26.8. The molecule has 0 spiro atoms. The number of carbonyl (C=O) groups excluding carboxylic acids is 3. The maximum atomic E-state index is 13.9. The number of thioether (sulfide) groups is 1. The molecule has 2 aliphatic carbocycles. The molecule has 1 aromatic heterocycles. The largest absolute Gasteiger partial charge is 0.484 e. The Kier molecular flexibility index (Phi) is 6.84. The molecule has 9 rings (SSSR count). The van der Waals surface area contributed by atoms with Crippen LogP contribution in [0.4, 0.5) is 15.8 Å². The zero-order valence-electron chi connectivity index (χ0n) is 25.3. The van der Waals surface area contributed by atoms with Crippen molar-refractivity contribution in [3.63, 3.8) is 0 Å². The number of hydrogen-bond acceptors (Lipinski definition) is 7. The Bertz CT molecular complexity index is 2190. The first-order valence-corrected chi connectivity index (χ1v) is 17.6. The lowest BCUT2D eigenvalue weighted by molar-refractivity contribution is -0.123. The summed E-state index contributed by atoms with van der Waals surface area (Å²) in [5.41, 5.74) is 2.04. The van der Waals surface area contributed by atoms with E-state index in [4.69, 9.17) is 4.74 Å². The number of imide groups is 1. The molecule has 48 heavy (non-hydrogen) atoms. The molecule has 5 aromatic rings. The fraction of sp³-hybridized carbons (Fsp3) is 0.243. The Hall–Kier alpha value is -4.74. The van der Waals surface area contributed by atoms with Gasteiger partial charge in [0, 0.05) is 27.1 Å². The van der Waals surface area contributed by atoms with E-state index >= 15 is 0 Å². The summed E-state index contributed by atoms with van der Waals surface area (Å²) in [7, 11) is 0. The van der Waals surface area contributed by atoms with Crippen molar-refractivity contribution in [2.45, 2.75) is 22.6 Å². The van der Waals surface area contributed by atoms with Crippen molar-refractivity contribution in [3.8, 4) is 5.75 Å². The van der Waals surface area contributed by atoms with Gasteiger partial charge in [-0.25, -0.2) is 4.39 Å². The molecule has 3 fully saturated rings. The number of rotatable bonds is 6. The Morgan fingerprint density at radius 2 is 1.67 bits per heavy atom. The summed E-state index contributed by atoms with van der Waals surface area (Å²) in [6, 6.07) is 26.7. The minimum Gasteiger partial charge on any atom is -0.484 e. The maximum absolute atomic E-state index is 13.9. The predicted molar refractivity (Wildman–Crippen MR) is 182 cm³/mol. The van der Waals surface area contributed by atoms with Crippen LogP contribution in [0.3, 0.4) is 0 Å². The van der Waals surface area contributed by atoms with Crippen LogP contribution in [0.5, 0.6) is 5.75 Å². The molecule has 11 heteroatoms. The summed E-state index contributed by atoms with van der Waals surface area (Å²) in [4.78, 5) is 58.4. The fourth-order valence-corrected chi connectivity index (χ4v) is 11.6. The molecular weight excluding hydrogens is 650 g/mol. The molecule has 3 amide bonds. The Morgan fingerprint density at radius 3 is 2.50 bits per heavy atom. The van der Waals surface area contributed by atoms with Crippen LogP contribution in [-0.2, 0) is 14.4 Å². The van der Waals surface area contributed by atoms with Crippen molar-refractivity contribution >= 4 is 63.0 Å². The highest BCUT2D eigenvalue weighted by molar-refractivity contribution is 8.00. The van der Waals surface area contributed by atoms with E-state index in [9.17, 15) is 23.6 Å². The molecule has 1 saturated heterocycles. The van der Waals surface area contributed by atoms with E-state index in [1.54, 1.807) is 17.8 Å². The van der Waals surface area contributed by atoms with E-state index < -0.39 is 17.7 Å². The number of anilines is 2. The maximum Gasteiger partial charge on any atom is 0.305 e. The number of aromatic nitrogens is 1. The lowest BCUT2D eigenvalue weighted by Crippen LogP contribution is -2.42.